The van der Waals surface area contributed by atoms with Crippen LogP contribution in [-0.4, -0.2) is 5.11 Å². The molecule has 0 saturated carbocycles. The number of benzene rings is 2. The molecule has 0 aliphatic carbocycles. The minimum absolute atomic E-state index is 0.369. The van der Waals surface area contributed by atoms with Crippen LogP contribution in [0.2, 0.25) is 0 Å². The molecule has 0 unspecified atom stereocenters. The second-order valence-corrected chi connectivity index (χ2v) is 4.58. The first kappa shape index (κ1) is 13.5. The van der Waals surface area contributed by atoms with Crippen molar-refractivity contribution < 1.29 is 18.3 Å². The van der Waals surface area contributed by atoms with Gasteiger partial charge in [0.15, 0.2) is 0 Å². The molecule has 0 radical (unpaired) electrons. The zero-order valence-corrected chi connectivity index (χ0v) is 10.5. The molecular weight excluding hydrogens is 253 g/mol. The summed E-state index contributed by atoms with van der Waals surface area (Å²) in [5.74, 6) is -0.384. The second kappa shape index (κ2) is 4.61. The summed E-state index contributed by atoms with van der Waals surface area (Å²) < 4.78 is 38.2. The third-order valence-corrected chi connectivity index (χ3v) is 2.95. The minimum atomic E-state index is -4.47. The van der Waals surface area contributed by atoms with Gasteiger partial charge < -0.3 is 5.11 Å². The molecule has 0 aliphatic rings. The van der Waals surface area contributed by atoms with Crippen molar-refractivity contribution in [2.24, 2.45) is 0 Å². The molecular formula is C15H13F3O. The summed E-state index contributed by atoms with van der Waals surface area (Å²) >= 11 is 0. The van der Waals surface area contributed by atoms with Crippen molar-refractivity contribution in [1.29, 1.82) is 0 Å². The van der Waals surface area contributed by atoms with Gasteiger partial charge in [-0.05, 0) is 48.7 Å². The number of rotatable bonds is 1. The number of aromatic hydroxyl groups is 1. The summed E-state index contributed by atoms with van der Waals surface area (Å²) in [6, 6.07) is 8.69. The Labute approximate surface area is 109 Å². The van der Waals surface area contributed by atoms with E-state index in [4.69, 9.17) is 0 Å². The molecule has 100 valence electrons. The van der Waals surface area contributed by atoms with E-state index in [1.165, 1.54) is 6.07 Å². The quantitative estimate of drug-likeness (QED) is 0.793. The lowest BCUT2D eigenvalue weighted by atomic mass is 9.96. The molecule has 0 spiro atoms. The maximum atomic E-state index is 12.7. The van der Waals surface area contributed by atoms with Crippen molar-refractivity contribution in [2.75, 3.05) is 0 Å². The molecule has 0 saturated heterocycles. The van der Waals surface area contributed by atoms with Gasteiger partial charge in [0.05, 0.1) is 5.56 Å². The van der Waals surface area contributed by atoms with Gasteiger partial charge in [-0.25, -0.2) is 0 Å². The Hall–Kier alpha value is -1.97. The molecule has 1 N–H and O–H groups in total. The molecule has 2 rings (SSSR count). The van der Waals surface area contributed by atoms with Gasteiger partial charge in [0.1, 0.15) is 5.75 Å². The van der Waals surface area contributed by atoms with Gasteiger partial charge in [0.25, 0.3) is 0 Å². The number of alkyl halides is 3. The van der Waals surface area contributed by atoms with Crippen molar-refractivity contribution in [2.45, 2.75) is 20.0 Å². The summed E-state index contributed by atoms with van der Waals surface area (Å²) in [7, 11) is 0. The molecule has 0 aliphatic heterocycles. The first-order valence-corrected chi connectivity index (χ1v) is 5.76. The zero-order valence-electron chi connectivity index (χ0n) is 10.5. The smallest absolute Gasteiger partial charge is 0.416 e. The van der Waals surface area contributed by atoms with E-state index in [0.717, 1.165) is 23.3 Å². The predicted molar refractivity (Wildman–Crippen MR) is 68.0 cm³/mol. The highest BCUT2D eigenvalue weighted by molar-refractivity contribution is 5.70. The van der Waals surface area contributed by atoms with Gasteiger partial charge in [-0.3, -0.25) is 0 Å². The van der Waals surface area contributed by atoms with E-state index in [1.54, 1.807) is 0 Å². The average Bonchev–Trinajstić information content (AvgIpc) is 2.30. The highest BCUT2D eigenvalue weighted by Crippen LogP contribution is 2.36. The third-order valence-electron chi connectivity index (χ3n) is 2.95. The van der Waals surface area contributed by atoms with Gasteiger partial charge in [-0.1, -0.05) is 23.8 Å². The largest absolute Gasteiger partial charge is 0.508 e. The fourth-order valence-electron chi connectivity index (χ4n) is 1.98. The summed E-state index contributed by atoms with van der Waals surface area (Å²) in [6.45, 7) is 3.70. The number of halogens is 3. The van der Waals surface area contributed by atoms with Gasteiger partial charge in [-0.2, -0.15) is 13.2 Å². The summed E-state index contributed by atoms with van der Waals surface area (Å²) in [5, 5.41) is 9.48. The lowest BCUT2D eigenvalue weighted by Crippen LogP contribution is -2.04. The monoisotopic (exact) mass is 266 g/mol. The zero-order chi connectivity index (χ0) is 14.2. The molecule has 2 aromatic carbocycles. The molecule has 4 heteroatoms. The lowest BCUT2D eigenvalue weighted by molar-refractivity contribution is -0.137. The number of phenolic OH excluding ortho intramolecular Hbond substituents is 1. The topological polar surface area (TPSA) is 20.2 Å². The Morgan fingerprint density at radius 3 is 2.26 bits per heavy atom. The molecule has 2 aromatic rings. The van der Waals surface area contributed by atoms with E-state index in [1.807, 2.05) is 32.0 Å². The summed E-state index contributed by atoms with van der Waals surface area (Å²) in [5.41, 5.74) is 2.04. The SMILES string of the molecule is Cc1ccc(C)c(-c2cc(O)cc(C(F)(F)F)c2)c1. The van der Waals surface area contributed by atoms with Crippen molar-refractivity contribution >= 4 is 0 Å². The Balaban J connectivity index is 2.63. The Morgan fingerprint density at radius 1 is 0.947 bits per heavy atom. The maximum absolute atomic E-state index is 12.7. The van der Waals surface area contributed by atoms with Gasteiger partial charge >= 0.3 is 6.18 Å². The number of aryl methyl sites for hydroxylation is 2. The van der Waals surface area contributed by atoms with Gasteiger partial charge in [0.2, 0.25) is 0 Å². The van der Waals surface area contributed by atoms with Crippen molar-refractivity contribution in [3.63, 3.8) is 0 Å². The van der Waals surface area contributed by atoms with Gasteiger partial charge in [-0.15, -0.1) is 0 Å². The highest BCUT2D eigenvalue weighted by Gasteiger charge is 2.31. The Bertz CT molecular complexity index is 615. The highest BCUT2D eigenvalue weighted by atomic mass is 19.4. The fourth-order valence-corrected chi connectivity index (χ4v) is 1.98. The first-order chi connectivity index (χ1) is 8.77. The third kappa shape index (κ3) is 2.89. The molecule has 0 bridgehead atoms. The standard InChI is InChI=1S/C15H13F3O/c1-9-3-4-10(2)14(5-9)11-6-12(15(16,17)18)8-13(19)7-11/h3-8,19H,1-2H3. The van der Waals surface area contributed by atoms with Crippen molar-refractivity contribution in [1.82, 2.24) is 0 Å². The summed E-state index contributed by atoms with van der Waals surface area (Å²) in [6.07, 6.45) is -4.47. The molecule has 0 aromatic heterocycles. The van der Waals surface area contributed by atoms with Crippen LogP contribution in [0.15, 0.2) is 36.4 Å². The molecule has 0 fully saturated rings. The predicted octanol–water partition coefficient (Wildman–Crippen LogP) is 4.69. The van der Waals surface area contributed by atoms with Crippen LogP contribution >= 0.6 is 0 Å². The second-order valence-electron chi connectivity index (χ2n) is 4.58. The number of hydrogen-bond acceptors (Lipinski definition) is 1. The summed E-state index contributed by atoms with van der Waals surface area (Å²) in [4.78, 5) is 0. The van der Waals surface area contributed by atoms with Crippen LogP contribution in [0.25, 0.3) is 11.1 Å². The Kier molecular flexibility index (Phi) is 3.27. The van der Waals surface area contributed by atoms with E-state index in [9.17, 15) is 18.3 Å². The van der Waals surface area contributed by atoms with E-state index in [-0.39, 0.29) is 5.75 Å². The molecule has 1 nitrogen and oxygen atoms in total. The van der Waals surface area contributed by atoms with Crippen LogP contribution in [-0.2, 0) is 6.18 Å². The van der Waals surface area contributed by atoms with Crippen LogP contribution in [0.1, 0.15) is 16.7 Å². The molecule has 0 heterocycles. The van der Waals surface area contributed by atoms with Crippen LogP contribution in [0.5, 0.6) is 5.75 Å². The molecule has 0 amide bonds. The minimum Gasteiger partial charge on any atom is -0.508 e. The van der Waals surface area contributed by atoms with E-state index in [0.29, 0.717) is 11.1 Å². The molecule has 0 atom stereocenters. The van der Waals surface area contributed by atoms with Crippen molar-refractivity contribution in [3.05, 3.63) is 53.1 Å². The van der Waals surface area contributed by atoms with Crippen LogP contribution in [0, 0.1) is 13.8 Å². The average molecular weight is 266 g/mol. The number of hydrogen-bond donors (Lipinski definition) is 1. The van der Waals surface area contributed by atoms with E-state index in [2.05, 4.69) is 0 Å². The van der Waals surface area contributed by atoms with Crippen LogP contribution in [0.3, 0.4) is 0 Å². The van der Waals surface area contributed by atoms with Gasteiger partial charge in [0, 0.05) is 0 Å². The first-order valence-electron chi connectivity index (χ1n) is 5.76. The number of phenols is 1. The van der Waals surface area contributed by atoms with Crippen LogP contribution in [0.4, 0.5) is 13.2 Å². The van der Waals surface area contributed by atoms with Crippen LogP contribution < -0.4 is 0 Å². The van der Waals surface area contributed by atoms with Crippen molar-refractivity contribution in [3.8, 4) is 16.9 Å². The molecule has 19 heavy (non-hydrogen) atoms. The van der Waals surface area contributed by atoms with E-state index >= 15 is 0 Å². The fraction of sp³-hybridized carbons (Fsp3) is 0.200. The normalized spacial score (nSPS) is 11.6. The Morgan fingerprint density at radius 2 is 1.63 bits per heavy atom. The lowest BCUT2D eigenvalue weighted by Gasteiger charge is -2.12. The van der Waals surface area contributed by atoms with E-state index < -0.39 is 11.7 Å². The maximum Gasteiger partial charge on any atom is 0.416 e.